The molecule has 1 heterocycles. The number of halogens is 1. The number of rotatable bonds is 13. The molecule has 0 saturated carbocycles. The molecule has 0 radical (unpaired) electrons. The minimum Gasteiger partial charge on any atom is -0.507 e. The molecule has 222 valence electrons. The summed E-state index contributed by atoms with van der Waals surface area (Å²) in [6.07, 6.45) is 10.7. The molecule has 12 heteroatoms. The highest BCUT2D eigenvalue weighted by atomic mass is 79.9. The van der Waals surface area contributed by atoms with Gasteiger partial charge in [-0.25, -0.2) is 9.59 Å². The lowest BCUT2D eigenvalue weighted by molar-refractivity contribution is -0.118. The van der Waals surface area contributed by atoms with E-state index in [1.807, 2.05) is 4.98 Å². The molecule has 0 fully saturated rings. The van der Waals surface area contributed by atoms with E-state index in [1.54, 1.807) is 38.1 Å². The second kappa shape index (κ2) is 16.4. The zero-order valence-electron chi connectivity index (χ0n) is 23.5. The zero-order chi connectivity index (χ0) is 30.5. The van der Waals surface area contributed by atoms with Crippen molar-refractivity contribution in [3.63, 3.8) is 0 Å². The van der Waals surface area contributed by atoms with Crippen molar-refractivity contribution in [2.24, 2.45) is 5.73 Å². The number of carbonyl (C=O) groups excluding carboxylic acids is 1. The third-order valence-corrected chi connectivity index (χ3v) is 6.77. The van der Waals surface area contributed by atoms with E-state index in [0.29, 0.717) is 33.5 Å². The lowest BCUT2D eigenvalue weighted by Crippen LogP contribution is -2.35. The predicted octanol–water partition coefficient (Wildman–Crippen LogP) is 5.50. The molecule has 0 aliphatic heterocycles. The number of aromatic amines is 1. The van der Waals surface area contributed by atoms with Crippen LogP contribution in [0, 0.1) is 13.8 Å². The van der Waals surface area contributed by atoms with E-state index >= 15 is 0 Å². The predicted molar refractivity (Wildman–Crippen MR) is 159 cm³/mol. The van der Waals surface area contributed by atoms with E-state index < -0.39 is 22.9 Å². The summed E-state index contributed by atoms with van der Waals surface area (Å²) in [6.45, 7) is 5.72. The average molecular weight is 634 g/mol. The minimum absolute atomic E-state index is 0.0777. The fourth-order valence-corrected chi connectivity index (χ4v) is 4.39. The molecule has 0 atom stereocenters. The summed E-state index contributed by atoms with van der Waals surface area (Å²) < 4.78 is 7.16. The largest absolute Gasteiger partial charge is 0.507 e. The number of hydrogen-bond donors (Lipinski definition) is 4. The summed E-state index contributed by atoms with van der Waals surface area (Å²) in [5, 5.41) is 22.3. The number of aromatic nitrogens is 3. The molecular formula is C29H37BrN4O7. The van der Waals surface area contributed by atoms with Crippen LogP contribution in [0.25, 0.3) is 5.69 Å². The van der Waals surface area contributed by atoms with Crippen LogP contribution in [0.2, 0.25) is 0 Å². The van der Waals surface area contributed by atoms with Crippen molar-refractivity contribution in [1.29, 1.82) is 0 Å². The Morgan fingerprint density at radius 3 is 2.12 bits per heavy atom. The number of nitrogens with one attached hydrogen (secondary N) is 1. The van der Waals surface area contributed by atoms with Gasteiger partial charge in [-0.1, -0.05) is 51.9 Å². The summed E-state index contributed by atoms with van der Waals surface area (Å²) in [7, 11) is 0. The van der Waals surface area contributed by atoms with Crippen molar-refractivity contribution in [2.45, 2.75) is 78.6 Å². The van der Waals surface area contributed by atoms with Gasteiger partial charge >= 0.3 is 11.7 Å². The number of nitrogens with two attached hydrogens (primary N) is 1. The van der Waals surface area contributed by atoms with E-state index in [4.69, 9.17) is 15.6 Å². The minimum atomic E-state index is -1.54. The smallest absolute Gasteiger partial charge is 0.362 e. The first-order chi connectivity index (χ1) is 19.4. The Hall–Kier alpha value is -3.93. The number of aromatic carboxylic acids is 1. The van der Waals surface area contributed by atoms with Crippen molar-refractivity contribution in [3.05, 3.63) is 72.5 Å². The number of phenols is 1. The molecule has 5 N–H and O–H groups in total. The number of H-pyrrole nitrogens is 1. The lowest BCUT2D eigenvalue weighted by Gasteiger charge is -2.14. The molecule has 0 unspecified atom stereocenters. The Morgan fingerprint density at radius 2 is 1.59 bits per heavy atom. The van der Waals surface area contributed by atoms with Gasteiger partial charge in [-0.05, 0) is 77.7 Å². The van der Waals surface area contributed by atoms with Gasteiger partial charge in [-0.3, -0.25) is 14.6 Å². The third kappa shape index (κ3) is 10.5. The van der Waals surface area contributed by atoms with E-state index in [-0.39, 0.29) is 17.3 Å². The molecule has 0 bridgehead atoms. The zero-order valence-corrected chi connectivity index (χ0v) is 25.1. The summed E-state index contributed by atoms with van der Waals surface area (Å²) in [5.74, 6) is -0.616. The summed E-state index contributed by atoms with van der Waals surface area (Å²) in [5.41, 5.74) is 3.89. The maximum atomic E-state index is 12.1. The molecule has 11 nitrogen and oxygen atoms in total. The van der Waals surface area contributed by atoms with E-state index in [1.165, 1.54) is 44.6 Å². The van der Waals surface area contributed by atoms with Gasteiger partial charge in [-0.2, -0.15) is 9.78 Å². The maximum absolute atomic E-state index is 12.1. The Bertz CT molecular complexity index is 1440. The van der Waals surface area contributed by atoms with Crippen molar-refractivity contribution >= 4 is 27.8 Å². The van der Waals surface area contributed by atoms with Gasteiger partial charge in [0.05, 0.1) is 10.2 Å². The first kappa shape index (κ1) is 33.3. The Labute approximate surface area is 246 Å². The van der Waals surface area contributed by atoms with E-state index in [2.05, 4.69) is 28.0 Å². The van der Waals surface area contributed by atoms with Gasteiger partial charge in [0.2, 0.25) is 11.6 Å². The number of ether oxygens (including phenoxy) is 1. The van der Waals surface area contributed by atoms with Crippen LogP contribution in [0.15, 0.2) is 44.4 Å². The number of carboxylic acid groups (broad SMARTS) is 1. The molecule has 0 aliphatic carbocycles. The van der Waals surface area contributed by atoms with E-state index in [9.17, 15) is 24.3 Å². The Balaban J connectivity index is 0.000000383. The van der Waals surface area contributed by atoms with Crippen LogP contribution in [0.3, 0.4) is 0 Å². The molecule has 3 rings (SSSR count). The highest BCUT2D eigenvalue weighted by molar-refractivity contribution is 9.10. The van der Waals surface area contributed by atoms with Crippen LogP contribution in [0.4, 0.5) is 0 Å². The van der Waals surface area contributed by atoms with Crippen molar-refractivity contribution in [1.82, 2.24) is 14.8 Å². The van der Waals surface area contributed by atoms with Crippen molar-refractivity contribution in [2.75, 3.05) is 0 Å². The van der Waals surface area contributed by atoms with Gasteiger partial charge in [0.15, 0.2) is 0 Å². The van der Waals surface area contributed by atoms with Crippen LogP contribution in [-0.2, 0) is 4.79 Å². The number of nitrogens with zero attached hydrogens (tertiary/aromatic N) is 2. The standard InChI is InChI=1S/C18H14BrN3O6.C11H23NO/c1-8-5-10(22-18(27)20-16(24)14(21-22)17(25)26)6-9(2)15(8)28-11-3-4-13(23)12(19)7-11;1-2-3-4-5-6-7-8-9-10-11(12)13/h3-7,23H,1-2H3,(H,25,26)(H,20,24,27);2-10H2,1H3,(H2,12,13). The van der Waals surface area contributed by atoms with Gasteiger partial charge < -0.3 is 20.7 Å². The number of hydrogen-bond acceptors (Lipinski definition) is 7. The topological polar surface area (TPSA) is 178 Å². The molecule has 2 aromatic carbocycles. The molecule has 41 heavy (non-hydrogen) atoms. The SMILES string of the molecule is CCCCCCCCCCC(N)=O.Cc1cc(-n2nc(C(=O)O)c(=O)[nH]c2=O)cc(C)c1Oc1ccc(O)c(Br)c1. The lowest BCUT2D eigenvalue weighted by atomic mass is 10.1. The third-order valence-electron chi connectivity index (χ3n) is 6.14. The fourth-order valence-electron chi connectivity index (χ4n) is 4.03. The normalized spacial score (nSPS) is 10.5. The molecule has 1 amide bonds. The van der Waals surface area contributed by atoms with Crippen LogP contribution >= 0.6 is 15.9 Å². The monoisotopic (exact) mass is 632 g/mol. The highest BCUT2D eigenvalue weighted by Crippen LogP contribution is 2.34. The number of carboxylic acids is 1. The second-order valence-electron chi connectivity index (χ2n) is 9.64. The summed E-state index contributed by atoms with van der Waals surface area (Å²) in [4.78, 5) is 47.1. The quantitative estimate of drug-likeness (QED) is 0.178. The van der Waals surface area contributed by atoms with Crippen LogP contribution in [-0.4, -0.2) is 36.9 Å². The fraction of sp³-hybridized carbons (Fsp3) is 0.414. The van der Waals surface area contributed by atoms with Crippen LogP contribution in [0.1, 0.15) is 86.3 Å². The molecule has 1 aromatic heterocycles. The first-order valence-electron chi connectivity index (χ1n) is 13.5. The number of benzene rings is 2. The van der Waals surface area contributed by atoms with Gasteiger partial charge in [0.25, 0.3) is 5.56 Å². The first-order valence-corrected chi connectivity index (χ1v) is 14.3. The number of unbranched alkanes of at least 4 members (excludes halogenated alkanes) is 7. The Morgan fingerprint density at radius 1 is 1.00 bits per heavy atom. The maximum Gasteiger partial charge on any atom is 0.362 e. The van der Waals surface area contributed by atoms with Gasteiger partial charge in [0, 0.05) is 6.42 Å². The van der Waals surface area contributed by atoms with Crippen LogP contribution < -0.4 is 21.7 Å². The highest BCUT2D eigenvalue weighted by Gasteiger charge is 2.16. The molecular weight excluding hydrogens is 596 g/mol. The van der Waals surface area contributed by atoms with Crippen molar-refractivity contribution in [3.8, 4) is 22.9 Å². The molecule has 0 spiro atoms. The average Bonchev–Trinajstić information content (AvgIpc) is 2.89. The number of aryl methyl sites for hydroxylation is 2. The molecule has 0 saturated heterocycles. The molecule has 0 aliphatic rings. The van der Waals surface area contributed by atoms with Crippen LogP contribution in [0.5, 0.6) is 17.2 Å². The number of primary amides is 1. The molecule has 3 aromatic rings. The van der Waals surface area contributed by atoms with Crippen molar-refractivity contribution < 1.29 is 24.5 Å². The summed E-state index contributed by atoms with van der Waals surface area (Å²) in [6, 6.07) is 7.84. The number of phenolic OH excluding ortho intramolecular Hbond substituents is 1. The number of carbonyl (C=O) groups is 2. The van der Waals surface area contributed by atoms with E-state index in [0.717, 1.165) is 17.5 Å². The van der Waals surface area contributed by atoms with Gasteiger partial charge in [0.1, 0.15) is 17.2 Å². The number of amides is 1. The summed E-state index contributed by atoms with van der Waals surface area (Å²) >= 11 is 3.22. The number of aromatic hydroxyl groups is 1. The Kier molecular flexibility index (Phi) is 13.3. The van der Waals surface area contributed by atoms with Gasteiger partial charge in [-0.15, -0.1) is 0 Å². The second-order valence-corrected chi connectivity index (χ2v) is 10.5.